The van der Waals surface area contributed by atoms with E-state index in [0.717, 1.165) is 26.1 Å². The molecule has 3 aliphatic rings. The summed E-state index contributed by atoms with van der Waals surface area (Å²) in [6.45, 7) is 4.60. The van der Waals surface area contributed by atoms with Crippen LogP contribution in [0.5, 0.6) is 0 Å². The van der Waals surface area contributed by atoms with Crippen LogP contribution in [0, 0.1) is 0 Å². The van der Waals surface area contributed by atoms with Crippen LogP contribution in [-0.4, -0.2) is 89.2 Å². The summed E-state index contributed by atoms with van der Waals surface area (Å²) in [5.74, 6) is -0.518. The van der Waals surface area contributed by atoms with Crippen LogP contribution in [-0.2, 0) is 11.3 Å². The maximum absolute atomic E-state index is 13.1. The Bertz CT molecular complexity index is 1010. The van der Waals surface area contributed by atoms with E-state index in [9.17, 15) is 14.7 Å². The number of hydrogen-bond acceptors (Lipinski definition) is 6. The van der Waals surface area contributed by atoms with E-state index in [1.54, 1.807) is 24.3 Å². The van der Waals surface area contributed by atoms with E-state index < -0.39 is 5.97 Å². The highest BCUT2D eigenvalue weighted by molar-refractivity contribution is 5.98. The van der Waals surface area contributed by atoms with Gasteiger partial charge in [-0.15, -0.1) is 0 Å². The number of aliphatic hydroxyl groups excluding tert-OH is 1. The van der Waals surface area contributed by atoms with Crippen molar-refractivity contribution in [3.63, 3.8) is 0 Å². The van der Waals surface area contributed by atoms with E-state index in [0.29, 0.717) is 36.8 Å². The maximum atomic E-state index is 13.1. The molecule has 168 valence electrons. The molecule has 5 rings (SSSR count). The largest absolute Gasteiger partial charge is 0.465 e. The third kappa shape index (κ3) is 3.81. The van der Waals surface area contributed by atoms with Gasteiger partial charge in [0.05, 0.1) is 24.3 Å². The molecule has 3 heterocycles. The van der Waals surface area contributed by atoms with Crippen LogP contribution in [0.2, 0.25) is 0 Å². The normalized spacial score (nSPS) is 24.8. The first-order valence-corrected chi connectivity index (χ1v) is 11.2. The number of fused-ring (bicyclic) bond motifs is 2. The van der Waals surface area contributed by atoms with Gasteiger partial charge in [-0.25, -0.2) is 4.79 Å². The van der Waals surface area contributed by atoms with Crippen molar-refractivity contribution in [3.05, 3.63) is 71.3 Å². The lowest BCUT2D eigenvalue weighted by atomic mass is 9.83. The third-order valence-electron chi connectivity index (χ3n) is 7.03. The minimum Gasteiger partial charge on any atom is -0.465 e. The molecule has 32 heavy (non-hydrogen) atoms. The number of aliphatic hydroxyl groups is 1. The summed E-state index contributed by atoms with van der Waals surface area (Å²) in [5.41, 5.74) is 2.02. The summed E-state index contributed by atoms with van der Waals surface area (Å²) in [7, 11) is 1.33. The van der Waals surface area contributed by atoms with Gasteiger partial charge in [-0.1, -0.05) is 36.4 Å². The molecule has 3 saturated heterocycles. The SMILES string of the molecule is COC(=O)c1cccc(C(=O)N2CC3(CN(Cc4ccccc4)C[C@@H]4C[C@@H](O)CN43)C2)c1. The van der Waals surface area contributed by atoms with Crippen molar-refractivity contribution in [3.8, 4) is 0 Å². The van der Waals surface area contributed by atoms with Gasteiger partial charge >= 0.3 is 5.97 Å². The Morgan fingerprint density at radius 2 is 1.78 bits per heavy atom. The fourth-order valence-corrected chi connectivity index (χ4v) is 5.65. The van der Waals surface area contributed by atoms with Gasteiger partial charge in [-0.3, -0.25) is 14.6 Å². The van der Waals surface area contributed by atoms with Gasteiger partial charge in [0.25, 0.3) is 5.91 Å². The summed E-state index contributed by atoms with van der Waals surface area (Å²) in [6, 6.07) is 17.5. The van der Waals surface area contributed by atoms with Crippen LogP contribution in [0.25, 0.3) is 0 Å². The number of nitrogens with zero attached hydrogens (tertiary/aromatic N) is 3. The summed E-state index contributed by atoms with van der Waals surface area (Å²) in [4.78, 5) is 31.7. The number of amides is 1. The van der Waals surface area contributed by atoms with Gasteiger partial charge in [-0.05, 0) is 30.2 Å². The minimum absolute atomic E-state index is 0.0714. The van der Waals surface area contributed by atoms with Gasteiger partial charge in [0, 0.05) is 50.9 Å². The fraction of sp³-hybridized carbons (Fsp3) is 0.440. The Morgan fingerprint density at radius 3 is 2.53 bits per heavy atom. The fourth-order valence-electron chi connectivity index (χ4n) is 5.65. The van der Waals surface area contributed by atoms with Crippen molar-refractivity contribution in [1.29, 1.82) is 0 Å². The number of carbonyl (C=O) groups is 2. The number of hydrogen-bond donors (Lipinski definition) is 1. The molecule has 1 amide bonds. The van der Waals surface area contributed by atoms with Gasteiger partial charge in [0.15, 0.2) is 0 Å². The number of ether oxygens (including phenoxy) is 1. The summed E-state index contributed by atoms with van der Waals surface area (Å²) >= 11 is 0. The average molecular weight is 436 g/mol. The highest BCUT2D eigenvalue weighted by Gasteiger charge is 2.57. The van der Waals surface area contributed by atoms with Gasteiger partial charge < -0.3 is 14.7 Å². The van der Waals surface area contributed by atoms with E-state index in [1.165, 1.54) is 12.7 Å². The monoisotopic (exact) mass is 435 g/mol. The second-order valence-electron chi connectivity index (χ2n) is 9.31. The zero-order chi connectivity index (χ0) is 22.3. The summed E-state index contributed by atoms with van der Waals surface area (Å²) in [5, 5.41) is 10.4. The number of likely N-dealkylation sites (tertiary alicyclic amines) is 1. The maximum Gasteiger partial charge on any atom is 0.337 e. The van der Waals surface area contributed by atoms with Crippen LogP contribution in [0.1, 0.15) is 32.7 Å². The number of esters is 1. The molecule has 0 bridgehead atoms. The van der Waals surface area contributed by atoms with Crippen molar-refractivity contribution < 1.29 is 19.4 Å². The van der Waals surface area contributed by atoms with Crippen LogP contribution in [0.15, 0.2) is 54.6 Å². The summed E-state index contributed by atoms with van der Waals surface area (Å²) in [6.07, 6.45) is 0.470. The molecule has 2 aromatic carbocycles. The Morgan fingerprint density at radius 1 is 1.03 bits per heavy atom. The average Bonchev–Trinajstić information content (AvgIpc) is 3.17. The van der Waals surface area contributed by atoms with E-state index in [-0.39, 0.29) is 17.6 Å². The number of benzene rings is 2. The van der Waals surface area contributed by atoms with Crippen molar-refractivity contribution in [2.24, 2.45) is 0 Å². The van der Waals surface area contributed by atoms with Gasteiger partial charge in [-0.2, -0.15) is 0 Å². The zero-order valence-corrected chi connectivity index (χ0v) is 18.3. The smallest absolute Gasteiger partial charge is 0.337 e. The molecule has 7 nitrogen and oxygen atoms in total. The second-order valence-corrected chi connectivity index (χ2v) is 9.31. The van der Waals surface area contributed by atoms with Crippen molar-refractivity contribution >= 4 is 11.9 Å². The molecular formula is C25H29N3O4. The molecule has 0 radical (unpaired) electrons. The highest BCUT2D eigenvalue weighted by Crippen LogP contribution is 2.39. The lowest BCUT2D eigenvalue weighted by molar-refractivity contribution is -0.102. The number of methoxy groups -OCH3 is 1. The number of carbonyl (C=O) groups excluding carboxylic acids is 2. The number of rotatable bonds is 4. The first-order chi connectivity index (χ1) is 15.5. The van der Waals surface area contributed by atoms with E-state index >= 15 is 0 Å². The highest BCUT2D eigenvalue weighted by atomic mass is 16.5. The number of β-amino-alcohol motifs (C(OH)–C–C–N with tert-alkyl or cyclic N) is 1. The Labute approximate surface area is 188 Å². The summed E-state index contributed by atoms with van der Waals surface area (Å²) < 4.78 is 4.78. The zero-order valence-electron chi connectivity index (χ0n) is 18.3. The lowest BCUT2D eigenvalue weighted by Gasteiger charge is -2.61. The van der Waals surface area contributed by atoms with Crippen molar-refractivity contribution in [1.82, 2.24) is 14.7 Å². The Hall–Kier alpha value is -2.74. The first kappa shape index (κ1) is 21.1. The van der Waals surface area contributed by atoms with Gasteiger partial charge in [0.2, 0.25) is 0 Å². The Balaban J connectivity index is 1.32. The van der Waals surface area contributed by atoms with Gasteiger partial charge in [0.1, 0.15) is 0 Å². The molecule has 0 aliphatic carbocycles. The van der Waals surface area contributed by atoms with E-state index in [4.69, 9.17) is 4.74 Å². The van der Waals surface area contributed by atoms with E-state index in [2.05, 4.69) is 34.1 Å². The second kappa shape index (κ2) is 8.31. The molecule has 1 N–H and O–H groups in total. The van der Waals surface area contributed by atoms with Crippen molar-refractivity contribution in [2.45, 2.75) is 30.7 Å². The lowest BCUT2D eigenvalue weighted by Crippen LogP contribution is -2.78. The molecule has 1 spiro atoms. The van der Waals surface area contributed by atoms with Crippen LogP contribution in [0.4, 0.5) is 0 Å². The quantitative estimate of drug-likeness (QED) is 0.736. The molecular weight excluding hydrogens is 406 g/mol. The Kier molecular flexibility index (Phi) is 5.49. The van der Waals surface area contributed by atoms with E-state index in [1.807, 2.05) is 11.0 Å². The van der Waals surface area contributed by atoms with Crippen LogP contribution < -0.4 is 0 Å². The standard InChI is InChI=1S/C25H29N3O4/c1-32-24(31)20-9-5-8-19(10-20)23(30)27-16-25(17-27)15-26(12-18-6-3-2-4-7-18)13-21-11-22(29)14-28(21)25/h2-10,21-22,29H,11-17H2,1H3/t21-,22+/m0/s1. The number of piperazine rings is 1. The molecule has 3 fully saturated rings. The first-order valence-electron chi connectivity index (χ1n) is 11.2. The molecule has 7 heteroatoms. The molecule has 0 saturated carbocycles. The van der Waals surface area contributed by atoms with Crippen molar-refractivity contribution in [2.75, 3.05) is 39.8 Å². The molecule has 0 aromatic heterocycles. The molecule has 0 unspecified atom stereocenters. The predicted octanol–water partition coefficient (Wildman–Crippen LogP) is 1.62. The molecule has 2 aromatic rings. The third-order valence-corrected chi connectivity index (χ3v) is 7.03. The molecule has 2 atom stereocenters. The topological polar surface area (TPSA) is 73.3 Å². The van der Waals surface area contributed by atoms with Crippen LogP contribution >= 0.6 is 0 Å². The minimum atomic E-state index is -0.447. The predicted molar refractivity (Wildman–Crippen MR) is 119 cm³/mol. The molecule has 3 aliphatic heterocycles. The van der Waals surface area contributed by atoms with Crippen LogP contribution in [0.3, 0.4) is 0 Å².